The first-order chi connectivity index (χ1) is 10.1. The molecule has 0 bridgehead atoms. The largest absolute Gasteiger partial charge is 0.338 e. The molecular formula is C16H26N4O. The van der Waals surface area contributed by atoms with Crippen LogP contribution in [0.1, 0.15) is 48.7 Å². The molecule has 0 saturated carbocycles. The number of nitrogens with zero attached hydrogens (tertiary/aromatic N) is 3. The van der Waals surface area contributed by atoms with Gasteiger partial charge in [0.25, 0.3) is 5.91 Å². The second-order valence-corrected chi connectivity index (χ2v) is 6.63. The molecule has 2 fully saturated rings. The Labute approximate surface area is 126 Å². The second kappa shape index (κ2) is 5.79. The Morgan fingerprint density at radius 1 is 1.43 bits per heavy atom. The molecule has 2 saturated heterocycles. The van der Waals surface area contributed by atoms with E-state index >= 15 is 0 Å². The van der Waals surface area contributed by atoms with Crippen LogP contribution in [0.25, 0.3) is 0 Å². The summed E-state index contributed by atoms with van der Waals surface area (Å²) in [6, 6.07) is 0. The van der Waals surface area contributed by atoms with Crippen molar-refractivity contribution in [3.63, 3.8) is 0 Å². The van der Waals surface area contributed by atoms with Gasteiger partial charge in [0.15, 0.2) is 0 Å². The van der Waals surface area contributed by atoms with Crippen LogP contribution in [-0.4, -0.2) is 46.8 Å². The summed E-state index contributed by atoms with van der Waals surface area (Å²) in [5.74, 6) is 0.171. The van der Waals surface area contributed by atoms with E-state index in [9.17, 15) is 4.79 Å². The number of likely N-dealkylation sites (tertiary alicyclic amines) is 1. The van der Waals surface area contributed by atoms with Gasteiger partial charge in [0, 0.05) is 38.3 Å². The van der Waals surface area contributed by atoms with Crippen LogP contribution >= 0.6 is 0 Å². The van der Waals surface area contributed by atoms with Crippen LogP contribution in [0, 0.1) is 5.41 Å². The molecule has 21 heavy (non-hydrogen) atoms. The average molecular weight is 290 g/mol. The van der Waals surface area contributed by atoms with E-state index < -0.39 is 0 Å². The quantitative estimate of drug-likeness (QED) is 0.900. The summed E-state index contributed by atoms with van der Waals surface area (Å²) in [5.41, 5.74) is 2.02. The lowest BCUT2D eigenvalue weighted by atomic mass is 9.74. The first kappa shape index (κ1) is 14.6. The zero-order chi connectivity index (χ0) is 14.9. The lowest BCUT2D eigenvalue weighted by Crippen LogP contribution is -2.52. The van der Waals surface area contributed by atoms with Gasteiger partial charge in [-0.05, 0) is 38.6 Å². The lowest BCUT2D eigenvalue weighted by Gasteiger charge is -2.45. The minimum atomic E-state index is 0.171. The molecular weight excluding hydrogens is 264 g/mol. The molecule has 3 heterocycles. The molecule has 2 aliphatic heterocycles. The number of hydrogen-bond acceptors (Lipinski definition) is 3. The highest BCUT2D eigenvalue weighted by Gasteiger charge is 2.38. The van der Waals surface area contributed by atoms with Gasteiger partial charge in [0.1, 0.15) is 0 Å². The molecule has 2 aliphatic rings. The summed E-state index contributed by atoms with van der Waals surface area (Å²) in [7, 11) is 1.89. The van der Waals surface area contributed by atoms with Gasteiger partial charge in [-0.2, -0.15) is 5.10 Å². The van der Waals surface area contributed by atoms with Crippen LogP contribution in [0.5, 0.6) is 0 Å². The van der Waals surface area contributed by atoms with Crippen molar-refractivity contribution in [3.05, 3.63) is 17.5 Å². The number of carbonyl (C=O) groups is 1. The maximum absolute atomic E-state index is 12.9. The first-order valence-corrected chi connectivity index (χ1v) is 8.16. The molecule has 116 valence electrons. The van der Waals surface area contributed by atoms with Gasteiger partial charge in [0.2, 0.25) is 0 Å². The summed E-state index contributed by atoms with van der Waals surface area (Å²) in [6.07, 6.45) is 7.53. The minimum Gasteiger partial charge on any atom is -0.338 e. The summed E-state index contributed by atoms with van der Waals surface area (Å²) >= 11 is 0. The minimum absolute atomic E-state index is 0.171. The molecule has 1 N–H and O–H groups in total. The van der Waals surface area contributed by atoms with Gasteiger partial charge in [-0.25, -0.2) is 0 Å². The number of piperidine rings is 2. The number of hydrogen-bond donors (Lipinski definition) is 1. The fourth-order valence-corrected chi connectivity index (χ4v) is 3.90. The highest BCUT2D eigenvalue weighted by molar-refractivity contribution is 5.95. The average Bonchev–Trinajstić information content (AvgIpc) is 2.88. The van der Waals surface area contributed by atoms with Crippen molar-refractivity contribution in [2.75, 3.05) is 26.2 Å². The maximum atomic E-state index is 12.9. The number of aromatic nitrogens is 2. The summed E-state index contributed by atoms with van der Waals surface area (Å²) in [5, 5.41) is 7.92. The Morgan fingerprint density at radius 2 is 2.24 bits per heavy atom. The Bertz CT molecular complexity index is 511. The summed E-state index contributed by atoms with van der Waals surface area (Å²) < 4.78 is 1.76. The molecule has 3 rings (SSSR count). The molecule has 5 heteroatoms. The number of rotatable bonds is 2. The van der Waals surface area contributed by atoms with Crippen molar-refractivity contribution in [1.82, 2.24) is 20.0 Å². The van der Waals surface area contributed by atoms with Crippen molar-refractivity contribution in [2.45, 2.75) is 39.0 Å². The predicted octanol–water partition coefficient (Wildman–Crippen LogP) is 1.59. The van der Waals surface area contributed by atoms with E-state index in [-0.39, 0.29) is 5.91 Å². The summed E-state index contributed by atoms with van der Waals surface area (Å²) in [6.45, 7) is 6.03. The molecule has 0 aromatic carbocycles. The van der Waals surface area contributed by atoms with E-state index in [1.807, 2.05) is 13.2 Å². The topological polar surface area (TPSA) is 50.2 Å². The second-order valence-electron chi connectivity index (χ2n) is 6.63. The third-order valence-electron chi connectivity index (χ3n) is 4.98. The molecule has 1 amide bonds. The smallest absolute Gasteiger partial charge is 0.257 e. The van der Waals surface area contributed by atoms with Crippen molar-refractivity contribution < 1.29 is 4.79 Å². The highest BCUT2D eigenvalue weighted by Crippen LogP contribution is 2.36. The van der Waals surface area contributed by atoms with Crippen LogP contribution in [0.15, 0.2) is 6.20 Å². The molecule has 5 nitrogen and oxygen atoms in total. The highest BCUT2D eigenvalue weighted by atomic mass is 16.2. The Hall–Kier alpha value is -1.36. The van der Waals surface area contributed by atoms with Gasteiger partial charge in [-0.3, -0.25) is 9.48 Å². The Morgan fingerprint density at radius 3 is 2.95 bits per heavy atom. The number of nitrogens with one attached hydrogen (secondary N) is 1. The van der Waals surface area contributed by atoms with E-state index in [1.165, 1.54) is 19.3 Å². The fourth-order valence-electron chi connectivity index (χ4n) is 3.90. The van der Waals surface area contributed by atoms with Gasteiger partial charge in [-0.15, -0.1) is 0 Å². The van der Waals surface area contributed by atoms with Crippen LogP contribution in [0.4, 0.5) is 0 Å². The predicted molar refractivity (Wildman–Crippen MR) is 82.3 cm³/mol. The molecule has 0 radical (unpaired) electrons. The van der Waals surface area contributed by atoms with Crippen molar-refractivity contribution in [2.24, 2.45) is 12.5 Å². The van der Waals surface area contributed by atoms with Crippen molar-refractivity contribution >= 4 is 5.91 Å². The molecule has 0 aliphatic carbocycles. The van der Waals surface area contributed by atoms with Crippen LogP contribution in [0.3, 0.4) is 0 Å². The third-order valence-corrected chi connectivity index (χ3v) is 4.98. The van der Waals surface area contributed by atoms with Crippen LogP contribution < -0.4 is 5.32 Å². The zero-order valence-electron chi connectivity index (χ0n) is 13.2. The molecule has 1 aromatic rings. The summed E-state index contributed by atoms with van der Waals surface area (Å²) in [4.78, 5) is 14.9. The molecule has 1 spiro atoms. The lowest BCUT2D eigenvalue weighted by molar-refractivity contribution is 0.0433. The number of carbonyl (C=O) groups excluding carboxylic acids is 1. The zero-order valence-corrected chi connectivity index (χ0v) is 13.2. The first-order valence-electron chi connectivity index (χ1n) is 8.16. The van der Waals surface area contributed by atoms with Gasteiger partial charge < -0.3 is 10.2 Å². The van der Waals surface area contributed by atoms with E-state index in [1.54, 1.807) is 4.68 Å². The van der Waals surface area contributed by atoms with Crippen LogP contribution in [-0.2, 0) is 13.5 Å². The monoisotopic (exact) mass is 290 g/mol. The van der Waals surface area contributed by atoms with Gasteiger partial charge in [0.05, 0.1) is 11.3 Å². The molecule has 1 atom stereocenters. The van der Waals surface area contributed by atoms with E-state index in [2.05, 4.69) is 22.2 Å². The number of amides is 1. The van der Waals surface area contributed by atoms with Crippen LogP contribution in [0.2, 0.25) is 0 Å². The fraction of sp³-hybridized carbons (Fsp3) is 0.750. The molecule has 1 unspecified atom stereocenters. The normalized spacial score (nSPS) is 26.3. The maximum Gasteiger partial charge on any atom is 0.257 e. The van der Waals surface area contributed by atoms with Crippen molar-refractivity contribution in [3.8, 4) is 0 Å². The third kappa shape index (κ3) is 2.84. The van der Waals surface area contributed by atoms with Crippen molar-refractivity contribution in [1.29, 1.82) is 0 Å². The Balaban J connectivity index is 1.77. The van der Waals surface area contributed by atoms with E-state index in [0.29, 0.717) is 5.41 Å². The SMILES string of the molecule is CCc1nn(C)cc1C(=O)N1CCCC2(CCCNC2)C1. The van der Waals surface area contributed by atoms with Gasteiger partial charge in [-0.1, -0.05) is 6.92 Å². The number of aryl methyl sites for hydroxylation is 2. The van der Waals surface area contributed by atoms with Gasteiger partial charge >= 0.3 is 0 Å². The van der Waals surface area contributed by atoms with E-state index in [0.717, 1.165) is 50.3 Å². The Kier molecular flexibility index (Phi) is 4.02. The molecule has 1 aromatic heterocycles. The standard InChI is InChI=1S/C16H26N4O/c1-3-14-13(10-19(2)18-14)15(21)20-9-5-7-16(12-20)6-4-8-17-11-16/h10,17H,3-9,11-12H2,1-2H3. The van der Waals surface area contributed by atoms with E-state index in [4.69, 9.17) is 0 Å².